The van der Waals surface area contributed by atoms with Crippen molar-refractivity contribution in [2.75, 3.05) is 30.8 Å². The number of ether oxygens (including phenoxy) is 2. The van der Waals surface area contributed by atoms with Crippen LogP contribution >= 0.6 is 0 Å². The van der Waals surface area contributed by atoms with E-state index < -0.39 is 16.1 Å². The van der Waals surface area contributed by atoms with Gasteiger partial charge in [-0.15, -0.1) is 0 Å². The molecule has 8 heteroatoms. The molecule has 0 aromatic heterocycles. The van der Waals surface area contributed by atoms with Crippen LogP contribution in [-0.4, -0.2) is 46.9 Å². The first-order valence-electron chi connectivity index (χ1n) is 9.37. The van der Waals surface area contributed by atoms with Gasteiger partial charge in [0.15, 0.2) is 0 Å². The number of hydrogen-bond donors (Lipinski definition) is 1. The number of nitrogens with one attached hydrogen (secondary N) is 1. The molecule has 0 spiro atoms. The maximum absolute atomic E-state index is 12.7. The van der Waals surface area contributed by atoms with E-state index in [-0.39, 0.29) is 19.1 Å². The van der Waals surface area contributed by atoms with Gasteiger partial charge >= 0.3 is 0 Å². The average Bonchev–Trinajstić information content (AvgIpc) is 2.69. The Bertz CT molecular complexity index is 896. The number of amides is 1. The fourth-order valence-corrected chi connectivity index (χ4v) is 4.10. The third-order valence-electron chi connectivity index (χ3n) is 4.35. The third kappa shape index (κ3) is 6.39. The fraction of sp³-hybridized carbons (Fsp3) is 0.381. The van der Waals surface area contributed by atoms with Crippen molar-refractivity contribution in [2.45, 2.75) is 26.3 Å². The zero-order valence-electron chi connectivity index (χ0n) is 17.2. The number of benzene rings is 2. The van der Waals surface area contributed by atoms with Crippen LogP contribution < -0.4 is 19.1 Å². The molecule has 1 N–H and O–H groups in total. The molecule has 0 heterocycles. The largest absolute Gasteiger partial charge is 0.497 e. The molecule has 1 atom stereocenters. The monoisotopic (exact) mass is 420 g/mol. The molecule has 7 nitrogen and oxygen atoms in total. The first-order valence-corrected chi connectivity index (χ1v) is 11.2. The van der Waals surface area contributed by atoms with Crippen LogP contribution in [0.25, 0.3) is 0 Å². The molecule has 2 rings (SSSR count). The SMILES string of the molecule is CC[C@@H](C(=O)NCCOc1ccc(OC)cc1)N(c1ccc(C)cc1)S(C)(=O)=O. The Balaban J connectivity index is 2.00. The van der Waals surface area contributed by atoms with Crippen LogP contribution in [0.4, 0.5) is 5.69 Å². The number of anilines is 1. The quantitative estimate of drug-likeness (QED) is 0.598. The lowest BCUT2D eigenvalue weighted by atomic mass is 10.1. The second-order valence-electron chi connectivity index (χ2n) is 6.63. The first kappa shape index (κ1) is 22.5. The van der Waals surface area contributed by atoms with Crippen LogP contribution in [0.1, 0.15) is 18.9 Å². The number of nitrogens with zero attached hydrogens (tertiary/aromatic N) is 1. The minimum Gasteiger partial charge on any atom is -0.497 e. The summed E-state index contributed by atoms with van der Waals surface area (Å²) < 4.78 is 36.7. The van der Waals surface area contributed by atoms with Gasteiger partial charge in [0, 0.05) is 0 Å². The predicted molar refractivity (Wildman–Crippen MR) is 114 cm³/mol. The summed E-state index contributed by atoms with van der Waals surface area (Å²) in [6.07, 6.45) is 1.45. The van der Waals surface area contributed by atoms with Crippen LogP contribution in [0.3, 0.4) is 0 Å². The summed E-state index contributed by atoms with van der Waals surface area (Å²) in [7, 11) is -2.05. The van der Waals surface area contributed by atoms with Crippen LogP contribution in [-0.2, 0) is 14.8 Å². The highest BCUT2D eigenvalue weighted by Crippen LogP contribution is 2.23. The number of rotatable bonds is 10. The van der Waals surface area contributed by atoms with Crippen molar-refractivity contribution < 1.29 is 22.7 Å². The highest BCUT2D eigenvalue weighted by Gasteiger charge is 2.31. The lowest BCUT2D eigenvalue weighted by Gasteiger charge is -2.30. The van der Waals surface area contributed by atoms with Gasteiger partial charge in [0.25, 0.3) is 0 Å². The molecule has 29 heavy (non-hydrogen) atoms. The van der Waals surface area contributed by atoms with Gasteiger partial charge in [-0.3, -0.25) is 9.10 Å². The van der Waals surface area contributed by atoms with Gasteiger partial charge in [-0.05, 0) is 49.7 Å². The smallest absolute Gasteiger partial charge is 0.244 e. The van der Waals surface area contributed by atoms with E-state index in [1.165, 1.54) is 4.31 Å². The number of carbonyl (C=O) groups is 1. The van der Waals surface area contributed by atoms with Gasteiger partial charge < -0.3 is 14.8 Å². The number of methoxy groups -OCH3 is 1. The van der Waals surface area contributed by atoms with Crippen molar-refractivity contribution in [1.82, 2.24) is 5.32 Å². The van der Waals surface area contributed by atoms with E-state index in [0.717, 1.165) is 17.6 Å². The van der Waals surface area contributed by atoms with Gasteiger partial charge in [-0.2, -0.15) is 0 Å². The summed E-state index contributed by atoms with van der Waals surface area (Å²) in [5, 5.41) is 2.77. The first-order chi connectivity index (χ1) is 13.8. The lowest BCUT2D eigenvalue weighted by molar-refractivity contribution is -0.122. The van der Waals surface area contributed by atoms with Gasteiger partial charge in [0.1, 0.15) is 24.1 Å². The van der Waals surface area contributed by atoms with Gasteiger partial charge in [-0.25, -0.2) is 8.42 Å². The zero-order chi connectivity index (χ0) is 21.4. The minimum atomic E-state index is -3.64. The Morgan fingerprint density at radius 2 is 1.66 bits per heavy atom. The molecule has 158 valence electrons. The number of hydrogen-bond acceptors (Lipinski definition) is 5. The van der Waals surface area contributed by atoms with Crippen molar-refractivity contribution in [3.63, 3.8) is 0 Å². The predicted octanol–water partition coefficient (Wildman–Crippen LogP) is 2.74. The van der Waals surface area contributed by atoms with E-state index in [9.17, 15) is 13.2 Å². The van der Waals surface area contributed by atoms with Crippen LogP contribution in [0.2, 0.25) is 0 Å². The Morgan fingerprint density at radius 3 is 2.17 bits per heavy atom. The molecule has 0 bridgehead atoms. The fourth-order valence-electron chi connectivity index (χ4n) is 2.88. The molecule has 0 aliphatic rings. The zero-order valence-corrected chi connectivity index (χ0v) is 18.0. The molecule has 0 radical (unpaired) electrons. The van der Waals surface area contributed by atoms with Crippen molar-refractivity contribution in [1.29, 1.82) is 0 Å². The van der Waals surface area contributed by atoms with Gasteiger partial charge in [0.05, 0.1) is 25.6 Å². The molecule has 2 aromatic carbocycles. The number of sulfonamides is 1. The standard InChI is InChI=1S/C21H28N2O5S/c1-5-20(23(29(4,25)26)17-8-6-16(2)7-9-17)21(24)22-14-15-28-19-12-10-18(27-3)11-13-19/h6-13,20H,5,14-15H2,1-4H3,(H,22,24)/t20-/m0/s1. The summed E-state index contributed by atoms with van der Waals surface area (Å²) >= 11 is 0. The van der Waals surface area contributed by atoms with E-state index in [0.29, 0.717) is 17.9 Å². The van der Waals surface area contributed by atoms with E-state index in [2.05, 4.69) is 5.32 Å². The summed E-state index contributed by atoms with van der Waals surface area (Å²) in [6.45, 7) is 4.22. The molecule has 0 saturated carbocycles. The molecule has 0 fully saturated rings. The van der Waals surface area contributed by atoms with E-state index in [1.807, 2.05) is 19.1 Å². The Labute approximate surface area is 172 Å². The van der Waals surface area contributed by atoms with Crippen molar-refractivity contribution in [2.24, 2.45) is 0 Å². The lowest BCUT2D eigenvalue weighted by Crippen LogP contribution is -2.50. The third-order valence-corrected chi connectivity index (χ3v) is 5.53. The topological polar surface area (TPSA) is 84.9 Å². The Kier molecular flexibility index (Phi) is 7.90. The molecular weight excluding hydrogens is 392 g/mol. The Morgan fingerprint density at radius 1 is 1.07 bits per heavy atom. The summed E-state index contributed by atoms with van der Waals surface area (Å²) in [5.74, 6) is 1.02. The molecule has 2 aromatic rings. The molecular formula is C21H28N2O5S. The van der Waals surface area contributed by atoms with Crippen molar-refractivity contribution in [3.05, 3.63) is 54.1 Å². The van der Waals surface area contributed by atoms with Gasteiger partial charge in [-0.1, -0.05) is 24.6 Å². The molecule has 0 unspecified atom stereocenters. The molecule has 1 amide bonds. The van der Waals surface area contributed by atoms with Crippen LogP contribution in [0.5, 0.6) is 11.5 Å². The van der Waals surface area contributed by atoms with Crippen LogP contribution in [0.15, 0.2) is 48.5 Å². The van der Waals surface area contributed by atoms with E-state index >= 15 is 0 Å². The normalized spacial score (nSPS) is 12.1. The van der Waals surface area contributed by atoms with Crippen LogP contribution in [0, 0.1) is 6.92 Å². The Hall–Kier alpha value is -2.74. The van der Waals surface area contributed by atoms with Crippen molar-refractivity contribution in [3.8, 4) is 11.5 Å². The summed E-state index contributed by atoms with van der Waals surface area (Å²) in [6, 6.07) is 13.3. The number of aryl methyl sites for hydroxylation is 1. The highest BCUT2D eigenvalue weighted by atomic mass is 32.2. The molecule has 0 aliphatic carbocycles. The average molecular weight is 421 g/mol. The van der Waals surface area contributed by atoms with Gasteiger partial charge in [0.2, 0.25) is 15.9 Å². The second-order valence-corrected chi connectivity index (χ2v) is 8.49. The maximum Gasteiger partial charge on any atom is 0.244 e. The maximum atomic E-state index is 12.7. The number of carbonyl (C=O) groups excluding carboxylic acids is 1. The highest BCUT2D eigenvalue weighted by molar-refractivity contribution is 7.92. The molecule has 0 aliphatic heterocycles. The summed E-state index contributed by atoms with van der Waals surface area (Å²) in [5.41, 5.74) is 1.48. The van der Waals surface area contributed by atoms with E-state index in [1.54, 1.807) is 50.4 Å². The second kappa shape index (κ2) is 10.2. The van der Waals surface area contributed by atoms with E-state index in [4.69, 9.17) is 9.47 Å². The summed E-state index contributed by atoms with van der Waals surface area (Å²) in [4.78, 5) is 12.7. The minimum absolute atomic E-state index is 0.257. The van der Waals surface area contributed by atoms with Crippen molar-refractivity contribution >= 4 is 21.6 Å². The molecule has 0 saturated heterocycles.